The van der Waals surface area contributed by atoms with Crippen LogP contribution in [0.4, 0.5) is 11.4 Å². The SMILES string of the molecule is CCCN(CCC)C(=O)C1=Cc2ccc(C(=O)Nc3ccc([C@H]4CN(Cc5ccccc5)CC4C(=O)OC)cc3)cc2N=C(N)C1. The fourth-order valence-corrected chi connectivity index (χ4v) is 6.33. The zero-order valence-electron chi connectivity index (χ0n) is 26.9. The van der Waals surface area contributed by atoms with Gasteiger partial charge in [-0.2, -0.15) is 0 Å². The van der Waals surface area contributed by atoms with E-state index in [9.17, 15) is 14.4 Å². The normalized spacial score (nSPS) is 17.7. The number of methoxy groups -OCH3 is 1. The van der Waals surface area contributed by atoms with Gasteiger partial charge in [-0.25, -0.2) is 4.99 Å². The first-order chi connectivity index (χ1) is 22.3. The van der Waals surface area contributed by atoms with Crippen LogP contribution in [0.3, 0.4) is 0 Å². The lowest BCUT2D eigenvalue weighted by atomic mass is 9.89. The second kappa shape index (κ2) is 15.0. The number of fused-ring (bicyclic) bond motifs is 1. The molecule has 3 aromatic rings. The maximum atomic E-state index is 13.3. The van der Waals surface area contributed by atoms with Crippen LogP contribution in [0.25, 0.3) is 6.08 Å². The molecule has 46 heavy (non-hydrogen) atoms. The molecule has 2 amide bonds. The van der Waals surface area contributed by atoms with E-state index in [4.69, 9.17) is 10.5 Å². The molecule has 0 aromatic heterocycles. The summed E-state index contributed by atoms with van der Waals surface area (Å²) in [6.45, 7) is 7.60. The summed E-state index contributed by atoms with van der Waals surface area (Å²) in [6.07, 6.45) is 3.85. The van der Waals surface area contributed by atoms with Crippen molar-refractivity contribution in [2.75, 3.05) is 38.6 Å². The molecule has 2 aliphatic heterocycles. The molecule has 2 heterocycles. The van der Waals surface area contributed by atoms with Crippen molar-refractivity contribution in [2.24, 2.45) is 16.6 Å². The Labute approximate surface area is 271 Å². The summed E-state index contributed by atoms with van der Waals surface area (Å²) < 4.78 is 5.15. The smallest absolute Gasteiger partial charge is 0.310 e. The summed E-state index contributed by atoms with van der Waals surface area (Å²) in [5, 5.41) is 2.97. The minimum atomic E-state index is -0.284. The number of esters is 1. The van der Waals surface area contributed by atoms with Gasteiger partial charge in [-0.05, 0) is 54.3 Å². The number of anilines is 1. The molecule has 2 atom stereocenters. The van der Waals surface area contributed by atoms with Crippen LogP contribution in [0.5, 0.6) is 0 Å². The summed E-state index contributed by atoms with van der Waals surface area (Å²) in [7, 11) is 1.43. The number of aliphatic imine (C=N–C) groups is 1. The number of amides is 2. The number of amidine groups is 1. The van der Waals surface area contributed by atoms with E-state index in [2.05, 4.69) is 41.2 Å². The van der Waals surface area contributed by atoms with Crippen molar-refractivity contribution in [3.8, 4) is 0 Å². The van der Waals surface area contributed by atoms with Crippen LogP contribution in [0, 0.1) is 5.92 Å². The quantitative estimate of drug-likeness (QED) is 0.263. The van der Waals surface area contributed by atoms with Gasteiger partial charge in [0, 0.05) is 67.4 Å². The Morgan fingerprint density at radius 2 is 1.70 bits per heavy atom. The van der Waals surface area contributed by atoms with Crippen molar-refractivity contribution < 1.29 is 19.1 Å². The first-order valence-corrected chi connectivity index (χ1v) is 16.0. The molecule has 1 fully saturated rings. The molecular weight excluding hydrogens is 578 g/mol. The topological polar surface area (TPSA) is 117 Å². The highest BCUT2D eigenvalue weighted by Crippen LogP contribution is 2.35. The lowest BCUT2D eigenvalue weighted by Gasteiger charge is -2.22. The minimum Gasteiger partial charge on any atom is -0.469 e. The van der Waals surface area contributed by atoms with Gasteiger partial charge in [-0.3, -0.25) is 19.3 Å². The average molecular weight is 622 g/mol. The van der Waals surface area contributed by atoms with Crippen molar-refractivity contribution >= 4 is 41.1 Å². The highest BCUT2D eigenvalue weighted by Gasteiger charge is 2.39. The zero-order chi connectivity index (χ0) is 32.6. The van der Waals surface area contributed by atoms with Gasteiger partial charge in [0.15, 0.2) is 0 Å². The van der Waals surface area contributed by atoms with E-state index < -0.39 is 0 Å². The third-order valence-corrected chi connectivity index (χ3v) is 8.55. The van der Waals surface area contributed by atoms with Gasteiger partial charge in [0.1, 0.15) is 5.84 Å². The van der Waals surface area contributed by atoms with E-state index in [1.54, 1.807) is 18.2 Å². The molecule has 9 heteroatoms. The molecule has 2 aliphatic rings. The monoisotopic (exact) mass is 621 g/mol. The van der Waals surface area contributed by atoms with Crippen LogP contribution < -0.4 is 11.1 Å². The van der Waals surface area contributed by atoms with E-state index >= 15 is 0 Å². The molecule has 0 aliphatic carbocycles. The third-order valence-electron chi connectivity index (χ3n) is 8.55. The lowest BCUT2D eigenvalue weighted by Crippen LogP contribution is -2.34. The zero-order valence-corrected chi connectivity index (χ0v) is 26.9. The van der Waals surface area contributed by atoms with Gasteiger partial charge in [-0.15, -0.1) is 0 Å². The predicted octanol–water partition coefficient (Wildman–Crippen LogP) is 5.75. The number of nitrogens with two attached hydrogens (primary N) is 1. The number of benzene rings is 3. The molecule has 1 unspecified atom stereocenters. The molecular formula is C37H43N5O4. The van der Waals surface area contributed by atoms with Crippen molar-refractivity contribution in [3.63, 3.8) is 0 Å². The summed E-state index contributed by atoms with van der Waals surface area (Å²) in [5.41, 5.74) is 11.4. The Balaban J connectivity index is 1.28. The minimum absolute atomic E-state index is 0.0188. The van der Waals surface area contributed by atoms with Crippen molar-refractivity contribution in [2.45, 2.75) is 45.6 Å². The van der Waals surface area contributed by atoms with E-state index in [1.165, 1.54) is 12.7 Å². The second-order valence-corrected chi connectivity index (χ2v) is 12.0. The second-order valence-electron chi connectivity index (χ2n) is 12.0. The first kappa shape index (κ1) is 32.6. The number of nitrogens with zero attached hydrogens (tertiary/aromatic N) is 3. The van der Waals surface area contributed by atoms with Gasteiger partial charge in [-0.1, -0.05) is 62.4 Å². The third kappa shape index (κ3) is 7.72. The Morgan fingerprint density at radius 3 is 2.37 bits per heavy atom. The van der Waals surface area contributed by atoms with Crippen LogP contribution in [0.1, 0.15) is 66.1 Å². The number of rotatable bonds is 11. The van der Waals surface area contributed by atoms with Gasteiger partial charge < -0.3 is 20.7 Å². The Kier molecular flexibility index (Phi) is 10.6. The standard InChI is InChI=1S/C37H43N5O4/c1-4-17-42(18-5-2)36(44)29-19-27-11-12-28(20-33(27)40-34(38)21-29)35(43)39-30-15-13-26(14-16-30)31-23-41(24-32(31)37(45)46-3)22-25-9-7-6-8-10-25/h6-16,19-20,31-32H,4-5,17-18,21-24H2,1-3H3,(H2,38,40)(H,39,43)/t31-,32?/m1/s1. The van der Waals surface area contributed by atoms with E-state index in [0.717, 1.165) is 37.1 Å². The molecule has 5 rings (SSSR count). The molecule has 240 valence electrons. The number of carbonyl (C=O) groups is 3. The summed E-state index contributed by atoms with van der Waals surface area (Å²) in [5.74, 6) is -0.482. The molecule has 0 spiro atoms. The highest BCUT2D eigenvalue weighted by atomic mass is 16.5. The van der Waals surface area contributed by atoms with Crippen LogP contribution in [0.15, 0.2) is 83.4 Å². The first-order valence-electron chi connectivity index (χ1n) is 16.0. The molecule has 3 N–H and O–H groups in total. The van der Waals surface area contributed by atoms with Gasteiger partial charge in [0.25, 0.3) is 5.91 Å². The fourth-order valence-electron chi connectivity index (χ4n) is 6.33. The largest absolute Gasteiger partial charge is 0.469 e. The lowest BCUT2D eigenvalue weighted by molar-refractivity contribution is -0.145. The maximum absolute atomic E-state index is 13.3. The maximum Gasteiger partial charge on any atom is 0.310 e. The predicted molar refractivity (Wildman–Crippen MR) is 182 cm³/mol. The summed E-state index contributed by atoms with van der Waals surface area (Å²) >= 11 is 0. The molecule has 3 aromatic carbocycles. The Hall–Kier alpha value is -4.76. The van der Waals surface area contributed by atoms with Crippen LogP contribution in [-0.2, 0) is 20.9 Å². The van der Waals surface area contributed by atoms with Gasteiger partial charge >= 0.3 is 5.97 Å². The summed E-state index contributed by atoms with van der Waals surface area (Å²) in [6, 6.07) is 23.1. The van der Waals surface area contributed by atoms with E-state index in [0.29, 0.717) is 48.0 Å². The van der Waals surface area contributed by atoms with Gasteiger partial charge in [0.2, 0.25) is 5.91 Å². The molecule has 0 bridgehead atoms. The van der Waals surface area contributed by atoms with Crippen molar-refractivity contribution in [1.82, 2.24) is 9.80 Å². The number of hydrogen-bond donors (Lipinski definition) is 2. The van der Waals surface area contributed by atoms with Crippen molar-refractivity contribution in [3.05, 3.63) is 101 Å². The van der Waals surface area contributed by atoms with Gasteiger partial charge in [0.05, 0.1) is 18.7 Å². The number of carbonyl (C=O) groups excluding carboxylic acids is 3. The Morgan fingerprint density at radius 1 is 0.978 bits per heavy atom. The number of nitrogens with one attached hydrogen (secondary N) is 1. The summed E-state index contributed by atoms with van der Waals surface area (Å²) in [4.78, 5) is 47.9. The molecule has 1 saturated heterocycles. The molecule has 0 saturated carbocycles. The highest BCUT2D eigenvalue weighted by molar-refractivity contribution is 6.08. The van der Waals surface area contributed by atoms with E-state index in [-0.39, 0.29) is 36.0 Å². The average Bonchev–Trinajstić information content (AvgIpc) is 3.40. The fraction of sp³-hybridized carbons (Fsp3) is 0.351. The van der Waals surface area contributed by atoms with Crippen molar-refractivity contribution in [1.29, 1.82) is 0 Å². The van der Waals surface area contributed by atoms with Crippen LogP contribution in [-0.4, -0.2) is 66.7 Å². The molecule has 9 nitrogen and oxygen atoms in total. The van der Waals surface area contributed by atoms with E-state index in [1.807, 2.05) is 53.4 Å². The molecule has 0 radical (unpaired) electrons. The number of hydrogen-bond acceptors (Lipinski definition) is 7. The Bertz CT molecular complexity index is 1610. The number of likely N-dealkylation sites (tertiary alicyclic amines) is 1. The number of ether oxygens (including phenoxy) is 1. The van der Waals surface area contributed by atoms with Crippen LogP contribution in [0.2, 0.25) is 0 Å². The van der Waals surface area contributed by atoms with Crippen LogP contribution >= 0.6 is 0 Å².